The first kappa shape index (κ1) is 18.1. The molecule has 2 rings (SSSR count). The second kappa shape index (κ2) is 8.57. The lowest BCUT2D eigenvalue weighted by Gasteiger charge is -2.26. The Morgan fingerprint density at radius 2 is 1.92 bits per heavy atom. The summed E-state index contributed by atoms with van der Waals surface area (Å²) in [4.78, 5) is 13.8. The van der Waals surface area contributed by atoms with Crippen LogP contribution in [-0.4, -0.2) is 24.5 Å². The Kier molecular flexibility index (Phi) is 6.47. The van der Waals surface area contributed by atoms with Gasteiger partial charge in [0, 0.05) is 13.5 Å². The minimum Gasteiger partial charge on any atom is -0.497 e. The molecule has 4 nitrogen and oxygen atoms in total. The Morgan fingerprint density at radius 3 is 2.42 bits per heavy atom. The van der Waals surface area contributed by atoms with E-state index in [0.29, 0.717) is 24.9 Å². The first-order valence-corrected chi connectivity index (χ1v) is 8.43. The van der Waals surface area contributed by atoms with Crippen LogP contribution in [0.2, 0.25) is 0 Å². The average molecular weight is 329 g/mol. The predicted octanol–water partition coefficient (Wildman–Crippen LogP) is 4.47. The van der Waals surface area contributed by atoms with Crippen LogP contribution < -0.4 is 4.74 Å². The number of nitrogens with zero attached hydrogens (tertiary/aromatic N) is 1. The molecule has 1 amide bonds. The number of carbonyl (C=O) groups is 1. The molecule has 130 valence electrons. The Bertz CT molecular complexity index is 617. The summed E-state index contributed by atoms with van der Waals surface area (Å²) in [6, 6.07) is 12.0. The SMILES string of the molecule is COc1ccc(C(CCN(Cc2ccco2)C(C)=O)C(C)C)cc1. The van der Waals surface area contributed by atoms with E-state index < -0.39 is 0 Å². The molecule has 1 unspecified atom stereocenters. The van der Waals surface area contributed by atoms with E-state index in [9.17, 15) is 4.79 Å². The van der Waals surface area contributed by atoms with Crippen LogP contribution in [0.3, 0.4) is 0 Å². The first-order valence-electron chi connectivity index (χ1n) is 8.43. The number of rotatable bonds is 8. The van der Waals surface area contributed by atoms with Gasteiger partial charge >= 0.3 is 0 Å². The van der Waals surface area contributed by atoms with E-state index in [4.69, 9.17) is 9.15 Å². The summed E-state index contributed by atoms with van der Waals surface area (Å²) in [7, 11) is 1.67. The van der Waals surface area contributed by atoms with Gasteiger partial charge in [0.1, 0.15) is 11.5 Å². The van der Waals surface area contributed by atoms with Crippen molar-refractivity contribution < 1.29 is 13.9 Å². The Hall–Kier alpha value is -2.23. The number of ether oxygens (including phenoxy) is 1. The van der Waals surface area contributed by atoms with Crippen molar-refractivity contribution in [3.63, 3.8) is 0 Å². The molecule has 1 aromatic carbocycles. The normalized spacial score (nSPS) is 12.2. The third kappa shape index (κ3) is 4.88. The molecule has 0 aliphatic rings. The van der Waals surface area contributed by atoms with Crippen LogP contribution in [0.15, 0.2) is 47.1 Å². The maximum Gasteiger partial charge on any atom is 0.219 e. The van der Waals surface area contributed by atoms with Gasteiger partial charge in [-0.3, -0.25) is 4.79 Å². The molecule has 0 radical (unpaired) electrons. The molecule has 0 N–H and O–H groups in total. The summed E-state index contributed by atoms with van der Waals surface area (Å²) >= 11 is 0. The number of benzene rings is 1. The Balaban J connectivity index is 2.04. The molecule has 0 aliphatic heterocycles. The smallest absolute Gasteiger partial charge is 0.219 e. The molecule has 0 spiro atoms. The van der Waals surface area contributed by atoms with Gasteiger partial charge in [-0.1, -0.05) is 26.0 Å². The zero-order valence-electron chi connectivity index (χ0n) is 15.0. The molecule has 0 aliphatic carbocycles. The quantitative estimate of drug-likeness (QED) is 0.718. The van der Waals surface area contributed by atoms with Crippen LogP contribution in [0.5, 0.6) is 5.75 Å². The zero-order valence-corrected chi connectivity index (χ0v) is 15.0. The molecule has 0 saturated heterocycles. The van der Waals surface area contributed by atoms with Crippen LogP contribution in [0.25, 0.3) is 0 Å². The van der Waals surface area contributed by atoms with Gasteiger partial charge < -0.3 is 14.1 Å². The first-order chi connectivity index (χ1) is 11.5. The van der Waals surface area contributed by atoms with E-state index in [1.807, 2.05) is 29.2 Å². The van der Waals surface area contributed by atoms with Crippen LogP contribution in [0, 0.1) is 5.92 Å². The van der Waals surface area contributed by atoms with Crippen molar-refractivity contribution in [1.29, 1.82) is 0 Å². The highest BCUT2D eigenvalue weighted by Gasteiger charge is 2.19. The molecular weight excluding hydrogens is 302 g/mol. The molecule has 1 atom stereocenters. The maximum atomic E-state index is 11.9. The third-order valence-corrected chi connectivity index (χ3v) is 4.43. The largest absolute Gasteiger partial charge is 0.497 e. The van der Waals surface area contributed by atoms with Crippen molar-refractivity contribution in [2.24, 2.45) is 5.92 Å². The van der Waals surface area contributed by atoms with Gasteiger partial charge in [0.2, 0.25) is 5.91 Å². The number of hydrogen-bond donors (Lipinski definition) is 0. The maximum absolute atomic E-state index is 11.9. The van der Waals surface area contributed by atoms with E-state index >= 15 is 0 Å². The predicted molar refractivity (Wildman–Crippen MR) is 95.0 cm³/mol. The summed E-state index contributed by atoms with van der Waals surface area (Å²) in [6.45, 7) is 7.29. The summed E-state index contributed by atoms with van der Waals surface area (Å²) in [5.74, 6) is 2.65. The fourth-order valence-corrected chi connectivity index (χ4v) is 2.97. The van der Waals surface area contributed by atoms with Gasteiger partial charge in [-0.2, -0.15) is 0 Å². The van der Waals surface area contributed by atoms with Crippen LogP contribution >= 0.6 is 0 Å². The number of methoxy groups -OCH3 is 1. The van der Waals surface area contributed by atoms with Gasteiger partial charge in [-0.05, 0) is 48.1 Å². The van der Waals surface area contributed by atoms with Gasteiger partial charge in [-0.25, -0.2) is 0 Å². The molecule has 0 fully saturated rings. The van der Waals surface area contributed by atoms with Crippen LogP contribution in [0.4, 0.5) is 0 Å². The number of hydrogen-bond acceptors (Lipinski definition) is 3. The standard InChI is InChI=1S/C20H27NO3/c1-15(2)20(17-7-9-18(23-4)10-8-17)11-12-21(16(3)22)14-19-6-5-13-24-19/h5-10,13,15,20H,11-12,14H2,1-4H3. The van der Waals surface area contributed by atoms with Gasteiger partial charge in [0.25, 0.3) is 0 Å². The third-order valence-electron chi connectivity index (χ3n) is 4.43. The average Bonchev–Trinajstić information content (AvgIpc) is 3.07. The van der Waals surface area contributed by atoms with Gasteiger partial charge in [-0.15, -0.1) is 0 Å². The molecule has 4 heteroatoms. The fourth-order valence-electron chi connectivity index (χ4n) is 2.97. The number of amides is 1. The van der Waals surface area contributed by atoms with Gasteiger partial charge in [0.05, 0.1) is 19.9 Å². The fraction of sp³-hybridized carbons (Fsp3) is 0.450. The lowest BCUT2D eigenvalue weighted by Crippen LogP contribution is -2.30. The number of carbonyl (C=O) groups excluding carboxylic acids is 1. The minimum absolute atomic E-state index is 0.0728. The van der Waals surface area contributed by atoms with Crippen molar-refractivity contribution in [3.8, 4) is 5.75 Å². The lowest BCUT2D eigenvalue weighted by atomic mass is 9.85. The highest BCUT2D eigenvalue weighted by molar-refractivity contribution is 5.73. The Labute approximate surface area is 144 Å². The molecule has 0 saturated carbocycles. The molecular formula is C20H27NO3. The minimum atomic E-state index is 0.0728. The monoisotopic (exact) mass is 329 g/mol. The lowest BCUT2D eigenvalue weighted by molar-refractivity contribution is -0.129. The van der Waals surface area contributed by atoms with Crippen molar-refractivity contribution in [1.82, 2.24) is 4.90 Å². The van der Waals surface area contributed by atoms with Crippen LogP contribution in [0.1, 0.15) is 44.4 Å². The summed E-state index contributed by atoms with van der Waals surface area (Å²) in [5, 5.41) is 0. The molecule has 24 heavy (non-hydrogen) atoms. The van der Waals surface area contributed by atoms with Crippen molar-refractivity contribution >= 4 is 5.91 Å². The van der Waals surface area contributed by atoms with E-state index in [1.165, 1.54) is 5.56 Å². The van der Waals surface area contributed by atoms with E-state index in [1.54, 1.807) is 20.3 Å². The zero-order chi connectivity index (χ0) is 17.5. The van der Waals surface area contributed by atoms with E-state index in [2.05, 4.69) is 26.0 Å². The van der Waals surface area contributed by atoms with Crippen molar-refractivity contribution in [2.75, 3.05) is 13.7 Å². The number of furan rings is 1. The topological polar surface area (TPSA) is 42.7 Å². The van der Waals surface area contributed by atoms with E-state index in [0.717, 1.165) is 17.9 Å². The highest BCUT2D eigenvalue weighted by Crippen LogP contribution is 2.29. The van der Waals surface area contributed by atoms with Gasteiger partial charge in [0.15, 0.2) is 0 Å². The summed E-state index contributed by atoms with van der Waals surface area (Å²) < 4.78 is 10.6. The molecule has 1 heterocycles. The highest BCUT2D eigenvalue weighted by atomic mass is 16.5. The van der Waals surface area contributed by atoms with Crippen LogP contribution in [-0.2, 0) is 11.3 Å². The van der Waals surface area contributed by atoms with Crippen molar-refractivity contribution in [3.05, 3.63) is 54.0 Å². The summed E-state index contributed by atoms with van der Waals surface area (Å²) in [5.41, 5.74) is 1.28. The summed E-state index contributed by atoms with van der Waals surface area (Å²) in [6.07, 6.45) is 2.56. The molecule has 1 aromatic heterocycles. The Morgan fingerprint density at radius 1 is 1.21 bits per heavy atom. The second-order valence-electron chi connectivity index (χ2n) is 6.43. The van der Waals surface area contributed by atoms with Crippen molar-refractivity contribution in [2.45, 2.75) is 39.7 Å². The molecule has 0 bridgehead atoms. The second-order valence-corrected chi connectivity index (χ2v) is 6.43. The molecule has 2 aromatic rings. The van der Waals surface area contributed by atoms with E-state index in [-0.39, 0.29) is 5.91 Å².